The molecule has 0 fully saturated rings. The predicted molar refractivity (Wildman–Crippen MR) is 47.9 cm³/mol. The van der Waals surface area contributed by atoms with Crippen molar-refractivity contribution in [2.24, 2.45) is 0 Å². The minimum Gasteiger partial charge on any atom is -0.398 e. The van der Waals surface area contributed by atoms with Crippen molar-refractivity contribution < 1.29 is 13.0 Å². The highest BCUT2D eigenvalue weighted by molar-refractivity contribution is 7.86. The van der Waals surface area contributed by atoms with Crippen LogP contribution in [0.25, 0.3) is 0 Å². The lowest BCUT2D eigenvalue weighted by Crippen LogP contribution is -2.02. The van der Waals surface area contributed by atoms with Gasteiger partial charge in [-0.2, -0.15) is 8.42 Å². The molecule has 1 rings (SSSR count). The number of hydrogen-bond acceptors (Lipinski definition) is 4. The Morgan fingerprint density at radius 1 is 1.42 bits per heavy atom. The zero-order valence-electron chi connectivity index (χ0n) is 5.93. The minimum atomic E-state index is -4.21. The number of nitrogens with two attached hydrogens (primary N) is 1. The van der Waals surface area contributed by atoms with Crippen LogP contribution < -0.4 is 5.73 Å². The maximum atomic E-state index is 10.6. The Balaban J connectivity index is 3.39. The summed E-state index contributed by atoms with van der Waals surface area (Å²) in [6.07, 6.45) is 0. The van der Waals surface area contributed by atoms with Gasteiger partial charge in [0.25, 0.3) is 10.1 Å². The van der Waals surface area contributed by atoms with E-state index < -0.39 is 10.1 Å². The van der Waals surface area contributed by atoms with E-state index in [2.05, 4.69) is 12.6 Å². The quantitative estimate of drug-likeness (QED) is 0.360. The van der Waals surface area contributed by atoms with Gasteiger partial charge in [0, 0.05) is 4.90 Å². The lowest BCUT2D eigenvalue weighted by molar-refractivity contribution is 0.483. The van der Waals surface area contributed by atoms with Crippen molar-refractivity contribution in [2.75, 3.05) is 5.73 Å². The summed E-state index contributed by atoms with van der Waals surface area (Å²) in [5, 5.41) is 0. The minimum absolute atomic E-state index is 0.00926. The molecule has 0 saturated carbocycles. The fourth-order valence-electron chi connectivity index (χ4n) is 0.771. The van der Waals surface area contributed by atoms with E-state index in [0.29, 0.717) is 4.90 Å². The molecule has 0 atom stereocenters. The van der Waals surface area contributed by atoms with Crippen molar-refractivity contribution >= 4 is 28.4 Å². The third kappa shape index (κ3) is 1.90. The second kappa shape index (κ2) is 2.96. The normalized spacial score (nSPS) is 11.5. The molecule has 0 bridgehead atoms. The van der Waals surface area contributed by atoms with Crippen LogP contribution in [0.3, 0.4) is 0 Å². The van der Waals surface area contributed by atoms with Gasteiger partial charge < -0.3 is 5.73 Å². The Labute approximate surface area is 75.6 Å². The Hall–Kier alpha value is -0.720. The van der Waals surface area contributed by atoms with Crippen LogP contribution in [0.5, 0.6) is 0 Å². The third-order valence-corrected chi connectivity index (χ3v) is 2.48. The molecule has 0 unspecified atom stereocenters. The molecule has 6 heteroatoms. The molecule has 1 aromatic carbocycles. The standard InChI is InChI=1S/C6H7NO3S2/c7-5-3-4(11)1-2-6(5)12(8,9)10/h1-3,11H,7H2,(H,8,9,10). The van der Waals surface area contributed by atoms with Crippen LogP contribution in [0, 0.1) is 0 Å². The number of nitrogen functional groups attached to an aromatic ring is 1. The molecule has 0 heterocycles. The molecule has 0 saturated heterocycles. The molecule has 66 valence electrons. The SMILES string of the molecule is Nc1cc(S)ccc1S(=O)(=O)O. The van der Waals surface area contributed by atoms with Crippen LogP contribution in [0.2, 0.25) is 0 Å². The van der Waals surface area contributed by atoms with Crippen molar-refractivity contribution in [3.05, 3.63) is 18.2 Å². The molecule has 0 radical (unpaired) electrons. The zero-order valence-corrected chi connectivity index (χ0v) is 7.64. The maximum absolute atomic E-state index is 10.6. The highest BCUT2D eigenvalue weighted by Crippen LogP contribution is 2.20. The first-order chi connectivity index (χ1) is 5.41. The average molecular weight is 205 g/mol. The van der Waals surface area contributed by atoms with Crippen LogP contribution in [0.1, 0.15) is 0 Å². The molecule has 0 aromatic heterocycles. The van der Waals surface area contributed by atoms with Crippen molar-refractivity contribution in [3.8, 4) is 0 Å². The smallest absolute Gasteiger partial charge is 0.296 e. The van der Waals surface area contributed by atoms with Crippen LogP contribution in [0.4, 0.5) is 5.69 Å². The summed E-state index contributed by atoms with van der Waals surface area (Å²) in [5.41, 5.74) is 5.31. The molecular weight excluding hydrogens is 198 g/mol. The molecule has 0 aliphatic rings. The van der Waals surface area contributed by atoms with Gasteiger partial charge >= 0.3 is 0 Å². The Kier molecular flexibility index (Phi) is 2.31. The summed E-state index contributed by atoms with van der Waals surface area (Å²) in [4.78, 5) is 0.250. The van der Waals surface area contributed by atoms with Crippen molar-refractivity contribution in [2.45, 2.75) is 9.79 Å². The van der Waals surface area contributed by atoms with Crippen LogP contribution >= 0.6 is 12.6 Å². The summed E-state index contributed by atoms with van der Waals surface area (Å²) in [7, 11) is -4.21. The van der Waals surface area contributed by atoms with Gasteiger partial charge in [-0.05, 0) is 18.2 Å². The first-order valence-electron chi connectivity index (χ1n) is 2.97. The van der Waals surface area contributed by atoms with Gasteiger partial charge in [0.1, 0.15) is 4.90 Å². The lowest BCUT2D eigenvalue weighted by atomic mass is 10.3. The molecule has 4 nitrogen and oxygen atoms in total. The predicted octanol–water partition coefficient (Wildman–Crippen LogP) is 0.804. The molecule has 0 amide bonds. The van der Waals surface area contributed by atoms with Crippen LogP contribution in [0.15, 0.2) is 28.0 Å². The zero-order chi connectivity index (χ0) is 9.35. The van der Waals surface area contributed by atoms with E-state index in [1.54, 1.807) is 0 Å². The van der Waals surface area contributed by atoms with E-state index in [1.807, 2.05) is 0 Å². The summed E-state index contributed by atoms with van der Waals surface area (Å²) in [6.45, 7) is 0. The summed E-state index contributed by atoms with van der Waals surface area (Å²) in [5.74, 6) is 0. The molecule has 0 aliphatic carbocycles. The van der Waals surface area contributed by atoms with Gasteiger partial charge in [0.15, 0.2) is 0 Å². The monoisotopic (exact) mass is 205 g/mol. The molecule has 0 aliphatic heterocycles. The molecule has 12 heavy (non-hydrogen) atoms. The Morgan fingerprint density at radius 3 is 2.42 bits per heavy atom. The van der Waals surface area contributed by atoms with Gasteiger partial charge in [0.2, 0.25) is 0 Å². The fourth-order valence-corrected chi connectivity index (χ4v) is 1.58. The van der Waals surface area contributed by atoms with E-state index in [-0.39, 0.29) is 10.6 Å². The van der Waals surface area contributed by atoms with Crippen LogP contribution in [-0.4, -0.2) is 13.0 Å². The summed E-state index contributed by atoms with van der Waals surface area (Å²) < 4.78 is 29.9. The second-order valence-electron chi connectivity index (χ2n) is 2.20. The number of thiol groups is 1. The Bertz CT molecular complexity index is 399. The second-order valence-corrected chi connectivity index (χ2v) is 4.10. The lowest BCUT2D eigenvalue weighted by Gasteiger charge is -2.01. The maximum Gasteiger partial charge on any atom is 0.296 e. The highest BCUT2D eigenvalue weighted by atomic mass is 32.2. The van der Waals surface area contributed by atoms with E-state index in [9.17, 15) is 8.42 Å². The topological polar surface area (TPSA) is 80.4 Å². The van der Waals surface area contributed by atoms with E-state index in [4.69, 9.17) is 10.3 Å². The van der Waals surface area contributed by atoms with Gasteiger partial charge in [-0.15, -0.1) is 12.6 Å². The first-order valence-corrected chi connectivity index (χ1v) is 4.86. The highest BCUT2D eigenvalue weighted by Gasteiger charge is 2.12. The summed E-state index contributed by atoms with van der Waals surface area (Å²) >= 11 is 3.94. The first kappa shape index (κ1) is 9.37. The average Bonchev–Trinajstić information content (AvgIpc) is 1.83. The molecular formula is C6H7NO3S2. The number of benzene rings is 1. The number of rotatable bonds is 1. The fraction of sp³-hybridized carbons (Fsp3) is 0. The number of hydrogen-bond donors (Lipinski definition) is 3. The van der Waals surface area contributed by atoms with Gasteiger partial charge in [0.05, 0.1) is 5.69 Å². The largest absolute Gasteiger partial charge is 0.398 e. The van der Waals surface area contributed by atoms with Crippen molar-refractivity contribution in [1.82, 2.24) is 0 Å². The molecule has 1 aromatic rings. The van der Waals surface area contributed by atoms with Gasteiger partial charge in [-0.25, -0.2) is 0 Å². The van der Waals surface area contributed by atoms with E-state index in [1.165, 1.54) is 18.2 Å². The van der Waals surface area contributed by atoms with Crippen molar-refractivity contribution in [1.29, 1.82) is 0 Å². The van der Waals surface area contributed by atoms with Crippen molar-refractivity contribution in [3.63, 3.8) is 0 Å². The molecule has 3 N–H and O–H groups in total. The summed E-state index contributed by atoms with van der Waals surface area (Å²) in [6, 6.07) is 3.99. The van der Waals surface area contributed by atoms with Gasteiger partial charge in [-0.3, -0.25) is 4.55 Å². The third-order valence-electron chi connectivity index (χ3n) is 1.27. The Morgan fingerprint density at radius 2 is 2.00 bits per heavy atom. The van der Waals surface area contributed by atoms with E-state index in [0.717, 1.165) is 0 Å². The van der Waals surface area contributed by atoms with Gasteiger partial charge in [-0.1, -0.05) is 0 Å². The van der Waals surface area contributed by atoms with E-state index >= 15 is 0 Å². The number of anilines is 1. The van der Waals surface area contributed by atoms with Crippen LogP contribution in [-0.2, 0) is 10.1 Å². The molecule has 0 spiro atoms.